The molecule has 0 spiro atoms. The number of benzene rings is 1. The third-order valence-electron chi connectivity index (χ3n) is 3.50. The highest BCUT2D eigenvalue weighted by Crippen LogP contribution is 2.18. The van der Waals surface area contributed by atoms with Crippen LogP contribution in [0.25, 0.3) is 0 Å². The van der Waals surface area contributed by atoms with Gasteiger partial charge in [-0.15, -0.1) is 0 Å². The van der Waals surface area contributed by atoms with Crippen molar-refractivity contribution >= 4 is 5.91 Å². The lowest BCUT2D eigenvalue weighted by molar-refractivity contribution is -0.121. The van der Waals surface area contributed by atoms with E-state index in [0.29, 0.717) is 25.4 Å². The lowest BCUT2D eigenvalue weighted by Crippen LogP contribution is -2.25. The minimum absolute atomic E-state index is 0.0988. The van der Waals surface area contributed by atoms with Gasteiger partial charge in [-0.2, -0.15) is 0 Å². The summed E-state index contributed by atoms with van der Waals surface area (Å²) in [6.45, 7) is 5.72. The molecular formula is C16H26N2O. The molecule has 0 fully saturated rings. The Bertz CT molecular complexity index is 373. The predicted octanol–water partition coefficient (Wildman–Crippen LogP) is 2.60. The molecule has 1 atom stereocenters. The Kier molecular flexibility index (Phi) is 7.19. The van der Waals surface area contributed by atoms with E-state index in [4.69, 9.17) is 5.73 Å². The summed E-state index contributed by atoms with van der Waals surface area (Å²) in [5.41, 5.74) is 8.02. The molecule has 0 saturated heterocycles. The van der Waals surface area contributed by atoms with Gasteiger partial charge in [-0.3, -0.25) is 4.79 Å². The van der Waals surface area contributed by atoms with Gasteiger partial charge in [0, 0.05) is 13.0 Å². The predicted molar refractivity (Wildman–Crippen MR) is 80.2 cm³/mol. The van der Waals surface area contributed by atoms with Gasteiger partial charge in [-0.1, -0.05) is 38.1 Å². The molecule has 1 amide bonds. The second kappa shape index (κ2) is 8.70. The highest BCUT2D eigenvalue weighted by Gasteiger charge is 2.03. The molecular weight excluding hydrogens is 236 g/mol. The standard InChI is InChI=1S/C16H26N2O/c1-3-13(2)15-8-6-14(7-9-15)10-12-18-16(19)5-4-11-17/h6-9,13H,3-5,10-12,17H2,1-2H3,(H,18,19). The SMILES string of the molecule is CCC(C)c1ccc(CCNC(=O)CCCN)cc1. The molecule has 0 aliphatic carbocycles. The lowest BCUT2D eigenvalue weighted by atomic mass is 9.97. The summed E-state index contributed by atoms with van der Waals surface area (Å²) in [6.07, 6.45) is 3.34. The van der Waals surface area contributed by atoms with Crippen molar-refractivity contribution in [1.29, 1.82) is 0 Å². The highest BCUT2D eigenvalue weighted by atomic mass is 16.1. The minimum atomic E-state index is 0.0988. The van der Waals surface area contributed by atoms with Gasteiger partial charge in [-0.25, -0.2) is 0 Å². The molecule has 0 aliphatic heterocycles. The maximum absolute atomic E-state index is 11.4. The molecule has 0 heterocycles. The van der Waals surface area contributed by atoms with Gasteiger partial charge < -0.3 is 11.1 Å². The van der Waals surface area contributed by atoms with Crippen molar-refractivity contribution in [1.82, 2.24) is 5.32 Å². The minimum Gasteiger partial charge on any atom is -0.356 e. The number of hydrogen-bond acceptors (Lipinski definition) is 2. The van der Waals surface area contributed by atoms with Crippen LogP contribution in [0.5, 0.6) is 0 Å². The first-order chi connectivity index (χ1) is 9.17. The maximum Gasteiger partial charge on any atom is 0.220 e. The third-order valence-corrected chi connectivity index (χ3v) is 3.50. The molecule has 3 heteroatoms. The van der Waals surface area contributed by atoms with Crippen molar-refractivity contribution in [3.63, 3.8) is 0 Å². The first-order valence-corrected chi connectivity index (χ1v) is 7.23. The van der Waals surface area contributed by atoms with E-state index in [1.807, 2.05) is 0 Å². The van der Waals surface area contributed by atoms with Crippen LogP contribution in [-0.2, 0) is 11.2 Å². The summed E-state index contributed by atoms with van der Waals surface area (Å²) in [5.74, 6) is 0.715. The normalized spacial score (nSPS) is 12.2. The van der Waals surface area contributed by atoms with Crippen LogP contribution in [0.3, 0.4) is 0 Å². The van der Waals surface area contributed by atoms with E-state index in [-0.39, 0.29) is 5.91 Å². The average Bonchev–Trinajstić information content (AvgIpc) is 2.45. The van der Waals surface area contributed by atoms with Crippen molar-refractivity contribution < 1.29 is 4.79 Å². The quantitative estimate of drug-likeness (QED) is 0.756. The van der Waals surface area contributed by atoms with Crippen LogP contribution < -0.4 is 11.1 Å². The molecule has 0 saturated carbocycles. The van der Waals surface area contributed by atoms with E-state index in [2.05, 4.69) is 43.4 Å². The Hall–Kier alpha value is -1.35. The van der Waals surface area contributed by atoms with Gasteiger partial charge in [0.1, 0.15) is 0 Å². The number of nitrogens with two attached hydrogens (primary N) is 1. The van der Waals surface area contributed by atoms with Crippen LogP contribution in [-0.4, -0.2) is 19.0 Å². The van der Waals surface area contributed by atoms with Crippen LogP contribution in [0.2, 0.25) is 0 Å². The van der Waals surface area contributed by atoms with Gasteiger partial charge in [0.25, 0.3) is 0 Å². The maximum atomic E-state index is 11.4. The van der Waals surface area contributed by atoms with Crippen molar-refractivity contribution in [2.75, 3.05) is 13.1 Å². The van der Waals surface area contributed by atoms with Crippen LogP contribution in [0.15, 0.2) is 24.3 Å². The molecule has 0 aromatic heterocycles. The van der Waals surface area contributed by atoms with E-state index in [1.165, 1.54) is 11.1 Å². The molecule has 0 radical (unpaired) electrons. The summed E-state index contributed by atoms with van der Waals surface area (Å²) in [6, 6.07) is 8.71. The van der Waals surface area contributed by atoms with E-state index < -0.39 is 0 Å². The first-order valence-electron chi connectivity index (χ1n) is 7.23. The molecule has 3 N–H and O–H groups in total. The zero-order chi connectivity index (χ0) is 14.1. The Morgan fingerprint density at radius 2 is 2.00 bits per heavy atom. The van der Waals surface area contributed by atoms with Crippen LogP contribution in [0.4, 0.5) is 0 Å². The van der Waals surface area contributed by atoms with E-state index in [9.17, 15) is 4.79 Å². The van der Waals surface area contributed by atoms with E-state index in [1.54, 1.807) is 0 Å². The summed E-state index contributed by atoms with van der Waals surface area (Å²) in [5, 5.41) is 2.92. The monoisotopic (exact) mass is 262 g/mol. The smallest absolute Gasteiger partial charge is 0.220 e. The summed E-state index contributed by atoms with van der Waals surface area (Å²) < 4.78 is 0. The number of rotatable bonds is 8. The number of nitrogens with one attached hydrogen (secondary N) is 1. The Balaban J connectivity index is 2.32. The molecule has 1 rings (SSSR count). The second-order valence-corrected chi connectivity index (χ2v) is 5.04. The van der Waals surface area contributed by atoms with Gasteiger partial charge >= 0.3 is 0 Å². The van der Waals surface area contributed by atoms with Crippen molar-refractivity contribution in [2.24, 2.45) is 5.73 Å². The molecule has 1 aromatic rings. The van der Waals surface area contributed by atoms with Gasteiger partial charge in [0.15, 0.2) is 0 Å². The van der Waals surface area contributed by atoms with Gasteiger partial charge in [0.2, 0.25) is 5.91 Å². The molecule has 106 valence electrons. The van der Waals surface area contributed by atoms with Crippen molar-refractivity contribution in [3.8, 4) is 0 Å². The topological polar surface area (TPSA) is 55.1 Å². The van der Waals surface area contributed by atoms with Gasteiger partial charge in [0.05, 0.1) is 0 Å². The number of amides is 1. The second-order valence-electron chi connectivity index (χ2n) is 5.04. The summed E-state index contributed by atoms with van der Waals surface area (Å²) in [7, 11) is 0. The Labute approximate surface area is 116 Å². The third kappa shape index (κ3) is 5.88. The molecule has 1 aromatic carbocycles. The number of hydrogen-bond donors (Lipinski definition) is 2. The molecule has 0 aliphatic rings. The number of carbonyl (C=O) groups is 1. The Morgan fingerprint density at radius 1 is 1.32 bits per heavy atom. The largest absolute Gasteiger partial charge is 0.356 e. The molecule has 1 unspecified atom stereocenters. The summed E-state index contributed by atoms with van der Waals surface area (Å²) >= 11 is 0. The van der Waals surface area contributed by atoms with Crippen LogP contribution >= 0.6 is 0 Å². The van der Waals surface area contributed by atoms with E-state index in [0.717, 1.165) is 19.3 Å². The lowest BCUT2D eigenvalue weighted by Gasteiger charge is -2.10. The van der Waals surface area contributed by atoms with Gasteiger partial charge in [-0.05, 0) is 42.9 Å². The zero-order valence-corrected chi connectivity index (χ0v) is 12.1. The Morgan fingerprint density at radius 3 is 2.58 bits per heavy atom. The fourth-order valence-electron chi connectivity index (χ4n) is 1.95. The van der Waals surface area contributed by atoms with E-state index >= 15 is 0 Å². The fraction of sp³-hybridized carbons (Fsp3) is 0.562. The molecule has 19 heavy (non-hydrogen) atoms. The van der Waals surface area contributed by atoms with Crippen LogP contribution in [0.1, 0.15) is 50.2 Å². The fourth-order valence-corrected chi connectivity index (χ4v) is 1.95. The van der Waals surface area contributed by atoms with Crippen molar-refractivity contribution in [2.45, 2.75) is 45.4 Å². The molecule has 3 nitrogen and oxygen atoms in total. The van der Waals surface area contributed by atoms with Crippen molar-refractivity contribution in [3.05, 3.63) is 35.4 Å². The zero-order valence-electron chi connectivity index (χ0n) is 12.1. The summed E-state index contributed by atoms with van der Waals surface area (Å²) in [4.78, 5) is 11.4. The average molecular weight is 262 g/mol. The highest BCUT2D eigenvalue weighted by molar-refractivity contribution is 5.75. The number of carbonyl (C=O) groups excluding carboxylic acids is 1. The first kappa shape index (κ1) is 15.7. The molecule has 0 bridgehead atoms. The van der Waals surface area contributed by atoms with Crippen LogP contribution in [0, 0.1) is 0 Å².